The number of aromatic carboxylic acids is 1. The van der Waals surface area contributed by atoms with Gasteiger partial charge in [0.1, 0.15) is 23.0 Å². The molecular weight excluding hydrogens is 869 g/mol. The number of nitrogens with zero attached hydrogens (tertiary/aromatic N) is 7. The molecular formula is C42H46N10O10S2. The summed E-state index contributed by atoms with van der Waals surface area (Å²) in [5, 5.41) is 32.5. The second-order valence-corrected chi connectivity index (χ2v) is 19.7. The number of benzene rings is 3. The summed E-state index contributed by atoms with van der Waals surface area (Å²) in [5.74, 6) is -2.83. The molecule has 1 aromatic heterocycles. The maximum Gasteiger partial charge on any atom is 0.336 e. The Balaban J connectivity index is 1.26. The van der Waals surface area contributed by atoms with Crippen LogP contribution in [0.1, 0.15) is 89.2 Å². The van der Waals surface area contributed by atoms with Crippen molar-refractivity contribution in [2.75, 3.05) is 36.5 Å². The van der Waals surface area contributed by atoms with E-state index in [4.69, 9.17) is 15.3 Å². The van der Waals surface area contributed by atoms with E-state index in [0.717, 1.165) is 0 Å². The minimum Gasteiger partial charge on any atom is -0.478 e. The van der Waals surface area contributed by atoms with E-state index in [-0.39, 0.29) is 45.9 Å². The summed E-state index contributed by atoms with van der Waals surface area (Å²) in [6, 6.07) is 10.8. The van der Waals surface area contributed by atoms with Crippen molar-refractivity contribution < 1.29 is 45.4 Å². The SMILES string of the molecule is CC1(C)C=C(CS(=O)(=O)O)c2cc3c(cc2=N1)Oc1cc2c(cc1C=3c1ccc(C(=O)NCCCn3cc(CNCCCN=[N+]=[N-])nn3)cc1C(=O)O)C(CS(=O)(=O)O)=CC(C)(C)N2. The molecule has 336 valence electrons. The van der Waals surface area contributed by atoms with E-state index < -0.39 is 54.7 Å². The molecule has 4 heterocycles. The third kappa shape index (κ3) is 10.7. The van der Waals surface area contributed by atoms with Crippen LogP contribution in [0.4, 0.5) is 5.69 Å². The van der Waals surface area contributed by atoms with Gasteiger partial charge in [0.2, 0.25) is 0 Å². The Morgan fingerprint density at radius 1 is 0.906 bits per heavy atom. The summed E-state index contributed by atoms with van der Waals surface area (Å²) in [6.07, 6.45) is 6.24. The van der Waals surface area contributed by atoms with Gasteiger partial charge in [-0.1, -0.05) is 28.5 Å². The van der Waals surface area contributed by atoms with Crippen molar-refractivity contribution in [1.82, 2.24) is 25.6 Å². The first-order chi connectivity index (χ1) is 30.1. The second kappa shape index (κ2) is 17.6. The first-order valence-corrected chi connectivity index (χ1v) is 23.3. The van der Waals surface area contributed by atoms with Gasteiger partial charge in [0, 0.05) is 88.2 Å². The third-order valence-electron chi connectivity index (χ3n) is 10.5. The van der Waals surface area contributed by atoms with Crippen LogP contribution in [0.5, 0.6) is 11.5 Å². The molecule has 3 aromatic carbocycles. The topological polar surface area (TPSA) is 300 Å². The van der Waals surface area contributed by atoms with Crippen molar-refractivity contribution in [2.45, 2.75) is 64.7 Å². The van der Waals surface area contributed by atoms with Gasteiger partial charge in [-0.05, 0) is 93.6 Å². The molecule has 0 saturated heterocycles. The first-order valence-electron chi connectivity index (χ1n) is 20.1. The highest BCUT2D eigenvalue weighted by atomic mass is 32.2. The summed E-state index contributed by atoms with van der Waals surface area (Å²) in [5.41, 5.74) is 9.82. The lowest BCUT2D eigenvalue weighted by Gasteiger charge is -2.34. The Bertz CT molecular complexity index is 3060. The molecule has 4 aromatic rings. The second-order valence-electron chi connectivity index (χ2n) is 16.8. The maximum atomic E-state index is 13.5. The normalized spacial score (nSPS) is 15.6. The Labute approximate surface area is 368 Å². The predicted octanol–water partition coefficient (Wildman–Crippen LogP) is 4.10. The van der Waals surface area contributed by atoms with Crippen LogP contribution in [0.25, 0.3) is 27.2 Å². The van der Waals surface area contributed by atoms with E-state index in [2.05, 4.69) is 36.3 Å². The minimum absolute atomic E-state index is 0.0592. The number of azide groups is 1. The zero-order valence-electron chi connectivity index (χ0n) is 35.3. The average molecular weight is 915 g/mol. The molecule has 0 saturated carbocycles. The summed E-state index contributed by atoms with van der Waals surface area (Å²) in [7, 11) is -9.03. The fourth-order valence-corrected chi connectivity index (χ4v) is 9.31. The lowest BCUT2D eigenvalue weighted by Crippen LogP contribution is -2.33. The Morgan fingerprint density at radius 3 is 2.34 bits per heavy atom. The van der Waals surface area contributed by atoms with Crippen LogP contribution in [0, 0.1) is 0 Å². The number of carbonyl (C=O) groups is 2. The van der Waals surface area contributed by atoms with Gasteiger partial charge in [-0.15, -0.1) is 5.10 Å². The van der Waals surface area contributed by atoms with E-state index in [1.165, 1.54) is 18.2 Å². The van der Waals surface area contributed by atoms with Gasteiger partial charge in [0.25, 0.3) is 26.1 Å². The molecule has 1 amide bonds. The van der Waals surface area contributed by atoms with E-state index in [1.807, 2.05) is 13.8 Å². The van der Waals surface area contributed by atoms with Gasteiger partial charge in [0.15, 0.2) is 0 Å². The van der Waals surface area contributed by atoms with Crippen molar-refractivity contribution in [3.05, 3.63) is 121 Å². The molecule has 7 rings (SSSR count). The van der Waals surface area contributed by atoms with Crippen LogP contribution in [0.15, 0.2) is 70.9 Å². The van der Waals surface area contributed by atoms with Crippen molar-refractivity contribution >= 4 is 54.5 Å². The number of carboxylic acid groups (broad SMARTS) is 1. The number of fused-ring (bicyclic) bond motifs is 4. The summed E-state index contributed by atoms with van der Waals surface area (Å²) >= 11 is 0. The van der Waals surface area contributed by atoms with Gasteiger partial charge in [-0.25, -0.2) is 4.79 Å². The molecule has 0 aliphatic carbocycles. The smallest absolute Gasteiger partial charge is 0.336 e. The number of nitrogens with one attached hydrogen (secondary N) is 3. The van der Waals surface area contributed by atoms with Crippen molar-refractivity contribution in [2.24, 2.45) is 10.1 Å². The van der Waals surface area contributed by atoms with Gasteiger partial charge in [0.05, 0.1) is 27.7 Å². The fourth-order valence-electron chi connectivity index (χ4n) is 8.05. The maximum absolute atomic E-state index is 13.5. The number of rotatable bonds is 17. The van der Waals surface area contributed by atoms with Crippen LogP contribution in [-0.4, -0.2) is 100 Å². The molecule has 0 unspecified atom stereocenters. The molecule has 0 fully saturated rings. The molecule has 3 aliphatic heterocycles. The van der Waals surface area contributed by atoms with Crippen molar-refractivity contribution in [3.63, 3.8) is 0 Å². The number of hydrogen-bond donors (Lipinski definition) is 6. The highest BCUT2D eigenvalue weighted by molar-refractivity contribution is 7.86. The monoisotopic (exact) mass is 914 g/mol. The van der Waals surface area contributed by atoms with E-state index >= 15 is 0 Å². The van der Waals surface area contributed by atoms with Crippen molar-refractivity contribution in [3.8, 4) is 11.5 Å². The van der Waals surface area contributed by atoms with Crippen LogP contribution in [-0.2, 0) is 33.3 Å². The summed E-state index contributed by atoms with van der Waals surface area (Å²) in [4.78, 5) is 34.2. The standard InChI is InChI=1S/C42H46N10O10S2/c1-41(2)18-25(22-63(56,57)58)29-14-32-36(16-34(29)47-41)62-37-17-35-30(26(23-64(59,60)61)19-42(3,4)48-35)15-33(37)38(32)28-8-7-24(13-31(28)40(54)55)39(53)45-10-6-12-52-21-27(49-51-52)20-44-9-5-11-46-50-43/h7-8,13-19,21,44,47H,5-6,9-12,20,22-23H2,1-4H3,(H,45,53)(H,54,55)(H,56,57,58)(H,59,60,61). The van der Waals surface area contributed by atoms with Crippen LogP contribution in [0.3, 0.4) is 0 Å². The van der Waals surface area contributed by atoms with Crippen LogP contribution >= 0.6 is 0 Å². The van der Waals surface area contributed by atoms with Crippen molar-refractivity contribution in [1.29, 1.82) is 0 Å². The number of hydrogen-bond acceptors (Lipinski definition) is 13. The van der Waals surface area contributed by atoms with Crippen LogP contribution in [0.2, 0.25) is 0 Å². The quantitative estimate of drug-likeness (QED) is 0.0252. The van der Waals surface area contributed by atoms with Gasteiger partial charge in [-0.3, -0.25) is 23.6 Å². The highest BCUT2D eigenvalue weighted by Gasteiger charge is 2.33. The molecule has 0 bridgehead atoms. The third-order valence-corrected chi connectivity index (χ3v) is 11.8. The molecule has 64 heavy (non-hydrogen) atoms. The highest BCUT2D eigenvalue weighted by Crippen LogP contribution is 2.45. The van der Waals surface area contributed by atoms with Crippen LogP contribution < -0.4 is 31.3 Å². The number of ether oxygens (including phenoxy) is 1. The first kappa shape index (κ1) is 45.6. The lowest BCUT2D eigenvalue weighted by atomic mass is 9.84. The Kier molecular flexibility index (Phi) is 12.6. The largest absolute Gasteiger partial charge is 0.478 e. The molecule has 6 N–H and O–H groups in total. The predicted molar refractivity (Wildman–Crippen MR) is 237 cm³/mol. The lowest BCUT2D eigenvalue weighted by molar-refractivity contribution is 0.0696. The van der Waals surface area contributed by atoms with Gasteiger partial charge >= 0.3 is 5.97 Å². The average Bonchev–Trinajstić information content (AvgIpc) is 3.64. The molecule has 20 nitrogen and oxygen atoms in total. The van der Waals surface area contributed by atoms with E-state index in [9.17, 15) is 40.6 Å². The number of aromatic nitrogens is 3. The number of carboxylic acids is 1. The summed E-state index contributed by atoms with van der Waals surface area (Å²) < 4.78 is 77.1. The Hall–Kier alpha value is -6.42. The number of amides is 1. The van der Waals surface area contributed by atoms with E-state index in [0.29, 0.717) is 83.2 Å². The Morgan fingerprint density at radius 2 is 1.64 bits per heavy atom. The number of anilines is 1. The number of carbonyl (C=O) groups excluding carboxylic acids is 1. The molecule has 22 heteroatoms. The van der Waals surface area contributed by atoms with Gasteiger partial charge in [-0.2, -0.15) is 16.8 Å². The van der Waals surface area contributed by atoms with Gasteiger partial charge < -0.3 is 25.8 Å². The fraction of sp³-hybridized carbons (Fsp3) is 0.357. The summed E-state index contributed by atoms with van der Waals surface area (Å²) in [6.45, 7) is 9.37. The van der Waals surface area contributed by atoms with E-state index in [1.54, 1.807) is 61.1 Å². The molecule has 0 radical (unpaired) electrons. The minimum atomic E-state index is -4.52. The molecule has 0 spiro atoms. The molecule has 3 aliphatic rings. The zero-order chi connectivity index (χ0) is 46.2. The number of aryl methyl sites for hydroxylation is 1. The zero-order valence-corrected chi connectivity index (χ0v) is 36.9. The molecule has 0 atom stereocenters.